The summed E-state index contributed by atoms with van der Waals surface area (Å²) in [5, 5.41) is 9.05. The van der Waals surface area contributed by atoms with Gasteiger partial charge in [-0.1, -0.05) is 0 Å². The van der Waals surface area contributed by atoms with Gasteiger partial charge in [0, 0.05) is 37.0 Å². The number of nitrogens with zero attached hydrogens (tertiary/aromatic N) is 1. The number of nitrogens with two attached hydrogens (primary N) is 2. The fourth-order valence-electron chi connectivity index (χ4n) is 2.11. The Kier molecular flexibility index (Phi) is 3.19. The van der Waals surface area contributed by atoms with Gasteiger partial charge in [0.1, 0.15) is 0 Å². The number of hydrogen-bond donors (Lipinski definition) is 3. The summed E-state index contributed by atoms with van der Waals surface area (Å²) in [6.07, 6.45) is 0.844. The number of rotatable bonds is 2. The number of likely N-dealkylation sites (tertiary alicyclic amines) is 1. The molecule has 0 bridgehead atoms. The summed E-state index contributed by atoms with van der Waals surface area (Å²) in [5.74, 6) is 0.104. The minimum Gasteiger partial charge on any atom is -0.399 e. The van der Waals surface area contributed by atoms with E-state index in [2.05, 4.69) is 0 Å². The molecule has 0 aromatic heterocycles. The summed E-state index contributed by atoms with van der Waals surface area (Å²) < 4.78 is 0. The van der Waals surface area contributed by atoms with Crippen LogP contribution < -0.4 is 11.5 Å². The number of benzene rings is 1. The molecular formula is C12H17N3O2. The standard InChI is InChI=1S/C12H17N3O2/c13-9-1-2-10(11(14)5-9)12(17)15-4-3-8(6-15)7-16/h1-2,5,8,16H,3-4,6-7,13-14H2. The summed E-state index contributed by atoms with van der Waals surface area (Å²) in [7, 11) is 0. The minimum atomic E-state index is -0.0848. The van der Waals surface area contributed by atoms with Crippen molar-refractivity contribution in [3.05, 3.63) is 23.8 Å². The van der Waals surface area contributed by atoms with Crippen molar-refractivity contribution in [2.24, 2.45) is 5.92 Å². The maximum Gasteiger partial charge on any atom is 0.255 e. The monoisotopic (exact) mass is 235 g/mol. The molecule has 1 fully saturated rings. The van der Waals surface area contributed by atoms with Crippen molar-refractivity contribution in [2.45, 2.75) is 6.42 Å². The average molecular weight is 235 g/mol. The van der Waals surface area contributed by atoms with Gasteiger partial charge in [0.15, 0.2) is 0 Å². The molecule has 1 aromatic carbocycles. The van der Waals surface area contributed by atoms with Gasteiger partial charge in [0.25, 0.3) is 5.91 Å². The number of carbonyl (C=O) groups excluding carboxylic acids is 1. The number of aliphatic hydroxyl groups excluding tert-OH is 1. The van der Waals surface area contributed by atoms with Gasteiger partial charge in [-0.3, -0.25) is 4.79 Å². The van der Waals surface area contributed by atoms with Gasteiger partial charge in [0.05, 0.1) is 5.56 Å². The fraction of sp³-hybridized carbons (Fsp3) is 0.417. The van der Waals surface area contributed by atoms with Crippen LogP contribution in [-0.4, -0.2) is 35.6 Å². The predicted molar refractivity (Wildman–Crippen MR) is 66.4 cm³/mol. The smallest absolute Gasteiger partial charge is 0.255 e. The lowest BCUT2D eigenvalue weighted by molar-refractivity contribution is 0.0783. The number of carbonyl (C=O) groups is 1. The zero-order valence-corrected chi connectivity index (χ0v) is 9.60. The highest BCUT2D eigenvalue weighted by atomic mass is 16.3. The van der Waals surface area contributed by atoms with E-state index in [-0.39, 0.29) is 18.4 Å². The number of anilines is 2. The molecular weight excluding hydrogens is 218 g/mol. The van der Waals surface area contributed by atoms with E-state index in [4.69, 9.17) is 16.6 Å². The van der Waals surface area contributed by atoms with E-state index in [1.54, 1.807) is 23.1 Å². The van der Waals surface area contributed by atoms with Crippen LogP contribution in [0.3, 0.4) is 0 Å². The number of amides is 1. The van der Waals surface area contributed by atoms with E-state index in [1.807, 2.05) is 0 Å². The third-order valence-electron chi connectivity index (χ3n) is 3.14. The lowest BCUT2D eigenvalue weighted by Gasteiger charge is -2.17. The highest BCUT2D eigenvalue weighted by Crippen LogP contribution is 2.22. The van der Waals surface area contributed by atoms with Crippen molar-refractivity contribution >= 4 is 17.3 Å². The molecule has 5 nitrogen and oxygen atoms in total. The molecule has 1 aromatic rings. The predicted octanol–water partition coefficient (Wildman–Crippen LogP) is 0.305. The Labute approximate surface area is 100 Å². The quantitative estimate of drug-likeness (QED) is 0.643. The molecule has 0 saturated carbocycles. The largest absolute Gasteiger partial charge is 0.399 e. The molecule has 0 aliphatic carbocycles. The van der Waals surface area contributed by atoms with Crippen molar-refractivity contribution in [1.82, 2.24) is 4.90 Å². The van der Waals surface area contributed by atoms with Crippen LogP contribution >= 0.6 is 0 Å². The summed E-state index contributed by atoms with van der Waals surface area (Å²) in [5.41, 5.74) is 12.8. The number of hydrogen-bond acceptors (Lipinski definition) is 4. The zero-order chi connectivity index (χ0) is 12.4. The molecule has 17 heavy (non-hydrogen) atoms. The second-order valence-corrected chi connectivity index (χ2v) is 4.44. The fourth-order valence-corrected chi connectivity index (χ4v) is 2.11. The van der Waals surface area contributed by atoms with Crippen LogP contribution in [0.15, 0.2) is 18.2 Å². The second-order valence-electron chi connectivity index (χ2n) is 4.44. The molecule has 1 amide bonds. The van der Waals surface area contributed by atoms with Gasteiger partial charge < -0.3 is 21.5 Å². The molecule has 92 valence electrons. The van der Waals surface area contributed by atoms with Gasteiger partial charge in [-0.15, -0.1) is 0 Å². The summed E-state index contributed by atoms with van der Waals surface area (Å²) in [6, 6.07) is 4.91. The first-order valence-electron chi connectivity index (χ1n) is 5.67. The molecule has 2 rings (SSSR count). The molecule has 5 N–H and O–H groups in total. The topological polar surface area (TPSA) is 92.6 Å². The maximum atomic E-state index is 12.2. The molecule has 1 unspecified atom stereocenters. The molecule has 1 saturated heterocycles. The average Bonchev–Trinajstić information content (AvgIpc) is 2.76. The first-order valence-corrected chi connectivity index (χ1v) is 5.67. The van der Waals surface area contributed by atoms with E-state index in [9.17, 15) is 4.79 Å². The summed E-state index contributed by atoms with van der Waals surface area (Å²) in [4.78, 5) is 13.9. The molecule has 1 heterocycles. The first-order chi connectivity index (χ1) is 8.11. The van der Waals surface area contributed by atoms with Crippen LogP contribution in [0.2, 0.25) is 0 Å². The Morgan fingerprint density at radius 2 is 2.24 bits per heavy atom. The van der Waals surface area contributed by atoms with Crippen LogP contribution in [0.4, 0.5) is 11.4 Å². The molecule has 1 aliphatic heterocycles. The third-order valence-corrected chi connectivity index (χ3v) is 3.14. The van der Waals surface area contributed by atoms with E-state index in [1.165, 1.54) is 0 Å². The van der Waals surface area contributed by atoms with Crippen molar-refractivity contribution in [1.29, 1.82) is 0 Å². The van der Waals surface area contributed by atoms with Gasteiger partial charge >= 0.3 is 0 Å². The Morgan fingerprint density at radius 1 is 1.47 bits per heavy atom. The molecule has 0 radical (unpaired) electrons. The van der Waals surface area contributed by atoms with Crippen molar-refractivity contribution < 1.29 is 9.90 Å². The van der Waals surface area contributed by atoms with E-state index in [0.29, 0.717) is 30.0 Å². The van der Waals surface area contributed by atoms with E-state index < -0.39 is 0 Å². The first kappa shape index (κ1) is 11.7. The highest BCUT2D eigenvalue weighted by molar-refractivity contribution is 5.99. The van der Waals surface area contributed by atoms with E-state index in [0.717, 1.165) is 6.42 Å². The lowest BCUT2D eigenvalue weighted by atomic mass is 10.1. The normalized spacial score (nSPS) is 19.6. The molecule has 5 heteroatoms. The van der Waals surface area contributed by atoms with Gasteiger partial charge in [-0.25, -0.2) is 0 Å². The van der Waals surface area contributed by atoms with Crippen molar-refractivity contribution in [3.63, 3.8) is 0 Å². The van der Waals surface area contributed by atoms with Gasteiger partial charge in [-0.05, 0) is 24.6 Å². The molecule has 1 atom stereocenters. The second kappa shape index (κ2) is 4.63. The van der Waals surface area contributed by atoms with Crippen LogP contribution in [0.5, 0.6) is 0 Å². The number of nitrogen functional groups attached to an aromatic ring is 2. The minimum absolute atomic E-state index is 0.0848. The van der Waals surface area contributed by atoms with Crippen LogP contribution in [0.1, 0.15) is 16.8 Å². The van der Waals surface area contributed by atoms with Crippen molar-refractivity contribution in [3.8, 4) is 0 Å². The van der Waals surface area contributed by atoms with Crippen molar-refractivity contribution in [2.75, 3.05) is 31.2 Å². The van der Waals surface area contributed by atoms with Gasteiger partial charge in [0.2, 0.25) is 0 Å². The zero-order valence-electron chi connectivity index (χ0n) is 9.60. The van der Waals surface area contributed by atoms with Crippen LogP contribution in [-0.2, 0) is 0 Å². The third kappa shape index (κ3) is 2.34. The van der Waals surface area contributed by atoms with E-state index >= 15 is 0 Å². The molecule has 1 aliphatic rings. The highest BCUT2D eigenvalue weighted by Gasteiger charge is 2.27. The SMILES string of the molecule is Nc1ccc(C(=O)N2CCC(CO)C2)c(N)c1. The Hall–Kier alpha value is -1.75. The summed E-state index contributed by atoms with van der Waals surface area (Å²) >= 11 is 0. The Bertz CT molecular complexity index is 434. The lowest BCUT2D eigenvalue weighted by Crippen LogP contribution is -2.29. The maximum absolute atomic E-state index is 12.2. The van der Waals surface area contributed by atoms with Gasteiger partial charge in [-0.2, -0.15) is 0 Å². The Morgan fingerprint density at radius 3 is 2.82 bits per heavy atom. The Balaban J connectivity index is 2.15. The molecule has 0 spiro atoms. The summed E-state index contributed by atoms with van der Waals surface area (Å²) in [6.45, 7) is 1.40. The number of aliphatic hydroxyl groups is 1. The van der Waals surface area contributed by atoms with Crippen LogP contribution in [0, 0.1) is 5.92 Å². The van der Waals surface area contributed by atoms with Crippen LogP contribution in [0.25, 0.3) is 0 Å².